The fourth-order valence-corrected chi connectivity index (χ4v) is 5.08. The average Bonchev–Trinajstić information content (AvgIpc) is 3.28. The van der Waals surface area contributed by atoms with Gasteiger partial charge in [-0.2, -0.15) is 0 Å². The highest BCUT2D eigenvalue weighted by molar-refractivity contribution is 5.71. The number of imidazole rings is 1. The van der Waals surface area contributed by atoms with Crippen LogP contribution in [0.4, 0.5) is 5.69 Å². The summed E-state index contributed by atoms with van der Waals surface area (Å²) >= 11 is 0. The molecule has 4 heterocycles. The highest BCUT2D eigenvalue weighted by Gasteiger charge is 2.24. The highest BCUT2D eigenvalue weighted by atomic mass is 16.5. The van der Waals surface area contributed by atoms with Crippen molar-refractivity contribution in [2.45, 2.75) is 13.1 Å². The van der Waals surface area contributed by atoms with Crippen molar-refractivity contribution < 1.29 is 9.47 Å². The van der Waals surface area contributed by atoms with Gasteiger partial charge in [0.05, 0.1) is 26.9 Å². The number of benzene rings is 1. The van der Waals surface area contributed by atoms with Crippen molar-refractivity contribution in [3.63, 3.8) is 0 Å². The largest absolute Gasteiger partial charge is 0.497 e. The molecule has 11 heteroatoms. The third kappa shape index (κ3) is 4.78. The summed E-state index contributed by atoms with van der Waals surface area (Å²) in [6, 6.07) is 8.17. The summed E-state index contributed by atoms with van der Waals surface area (Å²) in [4.78, 5) is 37.6. The maximum atomic E-state index is 13.2. The van der Waals surface area contributed by atoms with E-state index in [1.165, 1.54) is 21.9 Å². The maximum Gasteiger partial charge on any atom is 0.332 e. The fraction of sp³-hybridized carbons (Fsp3) is 0.560. The summed E-state index contributed by atoms with van der Waals surface area (Å²) in [5.74, 6) is 1.68. The molecule has 2 aliphatic heterocycles. The van der Waals surface area contributed by atoms with Crippen LogP contribution in [0.15, 0.2) is 33.9 Å². The number of piperazine rings is 1. The van der Waals surface area contributed by atoms with E-state index in [2.05, 4.69) is 26.8 Å². The monoisotopic (exact) mass is 497 g/mol. The Hall–Kier alpha value is -3.15. The number of anilines is 1. The van der Waals surface area contributed by atoms with Crippen molar-refractivity contribution in [3.05, 3.63) is 50.9 Å². The number of ether oxygens (including phenoxy) is 2. The lowest BCUT2D eigenvalue weighted by molar-refractivity contribution is 0.0363. The second-order valence-corrected chi connectivity index (χ2v) is 9.47. The summed E-state index contributed by atoms with van der Waals surface area (Å²) in [7, 11) is 4.89. The van der Waals surface area contributed by atoms with Gasteiger partial charge in [-0.05, 0) is 24.3 Å². The van der Waals surface area contributed by atoms with Gasteiger partial charge in [-0.25, -0.2) is 9.78 Å². The Morgan fingerprint density at radius 2 is 1.58 bits per heavy atom. The summed E-state index contributed by atoms with van der Waals surface area (Å²) < 4.78 is 15.4. The summed E-state index contributed by atoms with van der Waals surface area (Å²) in [6.07, 6.45) is 0. The van der Waals surface area contributed by atoms with Crippen molar-refractivity contribution in [3.8, 4) is 5.75 Å². The quantitative estimate of drug-likeness (QED) is 0.454. The minimum absolute atomic E-state index is 0.293. The predicted octanol–water partition coefficient (Wildman–Crippen LogP) is 0.0967. The molecule has 194 valence electrons. The Labute approximate surface area is 210 Å². The van der Waals surface area contributed by atoms with Gasteiger partial charge in [0.1, 0.15) is 11.6 Å². The van der Waals surface area contributed by atoms with Gasteiger partial charge in [-0.1, -0.05) is 0 Å². The van der Waals surface area contributed by atoms with Crippen LogP contribution in [-0.4, -0.2) is 94.6 Å². The van der Waals surface area contributed by atoms with E-state index in [-0.39, 0.29) is 11.2 Å². The highest BCUT2D eigenvalue weighted by Crippen LogP contribution is 2.21. The number of aryl methyl sites for hydroxylation is 1. The second kappa shape index (κ2) is 10.5. The van der Waals surface area contributed by atoms with Crippen molar-refractivity contribution in [2.24, 2.45) is 14.1 Å². The smallest absolute Gasteiger partial charge is 0.332 e. The second-order valence-electron chi connectivity index (χ2n) is 9.47. The summed E-state index contributed by atoms with van der Waals surface area (Å²) in [5.41, 5.74) is 1.49. The zero-order valence-electron chi connectivity index (χ0n) is 21.4. The molecule has 2 aromatic heterocycles. The van der Waals surface area contributed by atoms with Gasteiger partial charge in [0, 0.05) is 72.1 Å². The Kier molecular flexibility index (Phi) is 7.13. The first-order valence-electron chi connectivity index (χ1n) is 12.5. The number of hydrogen-bond donors (Lipinski definition) is 0. The predicted molar refractivity (Wildman–Crippen MR) is 138 cm³/mol. The van der Waals surface area contributed by atoms with E-state index < -0.39 is 0 Å². The molecule has 2 aliphatic rings. The van der Waals surface area contributed by atoms with Gasteiger partial charge in [0.2, 0.25) is 0 Å². The normalized spacial score (nSPS) is 17.7. The van der Waals surface area contributed by atoms with Crippen molar-refractivity contribution in [1.29, 1.82) is 0 Å². The molecule has 11 nitrogen and oxygen atoms in total. The van der Waals surface area contributed by atoms with E-state index in [0.29, 0.717) is 24.3 Å². The van der Waals surface area contributed by atoms with Crippen LogP contribution < -0.4 is 20.9 Å². The zero-order valence-corrected chi connectivity index (χ0v) is 21.4. The fourth-order valence-electron chi connectivity index (χ4n) is 5.08. The van der Waals surface area contributed by atoms with E-state index >= 15 is 0 Å². The molecule has 0 radical (unpaired) electrons. The molecule has 2 saturated heterocycles. The first kappa shape index (κ1) is 24.5. The molecule has 5 rings (SSSR count). The number of morpholine rings is 1. The van der Waals surface area contributed by atoms with Gasteiger partial charge in [-0.3, -0.25) is 23.7 Å². The van der Waals surface area contributed by atoms with Crippen LogP contribution in [0.5, 0.6) is 5.75 Å². The number of rotatable bonds is 7. The van der Waals surface area contributed by atoms with Gasteiger partial charge < -0.3 is 18.9 Å². The lowest BCUT2D eigenvalue weighted by atomic mass is 10.2. The Morgan fingerprint density at radius 1 is 0.889 bits per heavy atom. The molecule has 0 atom stereocenters. The topological polar surface area (TPSA) is 90.0 Å². The van der Waals surface area contributed by atoms with Crippen molar-refractivity contribution >= 4 is 16.9 Å². The van der Waals surface area contributed by atoms with E-state index in [9.17, 15) is 9.59 Å². The first-order valence-corrected chi connectivity index (χ1v) is 12.5. The molecule has 0 N–H and O–H groups in total. The van der Waals surface area contributed by atoms with Crippen LogP contribution in [0.3, 0.4) is 0 Å². The number of aromatic nitrogens is 4. The van der Waals surface area contributed by atoms with Gasteiger partial charge >= 0.3 is 5.69 Å². The van der Waals surface area contributed by atoms with Crippen LogP contribution in [0.2, 0.25) is 0 Å². The molecular formula is C25H35N7O4. The SMILES string of the molecule is COc1ccc(N2CCN(Cc3nc4c(c(=O)n(C)c(=O)n4C)n3CCN3CCOCC3)CC2)cc1. The minimum atomic E-state index is -0.356. The van der Waals surface area contributed by atoms with Gasteiger partial charge in [0.25, 0.3) is 5.56 Å². The van der Waals surface area contributed by atoms with Crippen LogP contribution in [0.25, 0.3) is 11.2 Å². The molecule has 0 saturated carbocycles. The van der Waals surface area contributed by atoms with E-state index in [1.807, 2.05) is 16.7 Å². The molecule has 1 aromatic carbocycles. The summed E-state index contributed by atoms with van der Waals surface area (Å²) in [6.45, 7) is 8.87. The molecule has 3 aromatic rings. The zero-order chi connectivity index (χ0) is 25.2. The number of fused-ring (bicyclic) bond motifs is 1. The van der Waals surface area contributed by atoms with Crippen LogP contribution in [0.1, 0.15) is 5.82 Å². The molecule has 0 bridgehead atoms. The molecule has 36 heavy (non-hydrogen) atoms. The van der Waals surface area contributed by atoms with Crippen LogP contribution >= 0.6 is 0 Å². The summed E-state index contributed by atoms with van der Waals surface area (Å²) in [5, 5.41) is 0. The Bertz CT molecular complexity index is 1310. The minimum Gasteiger partial charge on any atom is -0.497 e. The Morgan fingerprint density at radius 3 is 2.25 bits per heavy atom. The number of nitrogens with zero attached hydrogens (tertiary/aromatic N) is 7. The maximum absolute atomic E-state index is 13.2. The lowest BCUT2D eigenvalue weighted by Crippen LogP contribution is -2.46. The molecule has 0 aliphatic carbocycles. The Balaban J connectivity index is 1.37. The molecular weight excluding hydrogens is 462 g/mol. The third-order valence-electron chi connectivity index (χ3n) is 7.35. The molecule has 0 unspecified atom stereocenters. The van der Waals surface area contributed by atoms with Crippen LogP contribution in [0, 0.1) is 0 Å². The van der Waals surface area contributed by atoms with E-state index in [0.717, 1.165) is 70.6 Å². The van der Waals surface area contributed by atoms with Gasteiger partial charge in [-0.15, -0.1) is 0 Å². The van der Waals surface area contributed by atoms with E-state index in [4.69, 9.17) is 14.5 Å². The number of hydrogen-bond acceptors (Lipinski definition) is 8. The first-order chi connectivity index (χ1) is 17.5. The molecule has 2 fully saturated rings. The standard InChI is InChI=1S/C25H35N7O4/c1-27-23-22(24(33)28(2)25(27)34)32(13-10-29-14-16-36-17-15-29)21(26-23)18-30-8-11-31(12-9-30)19-4-6-20(35-3)7-5-19/h4-7H,8-18H2,1-3H3. The van der Waals surface area contributed by atoms with Crippen molar-refractivity contribution in [1.82, 2.24) is 28.5 Å². The average molecular weight is 498 g/mol. The molecule has 0 amide bonds. The number of methoxy groups -OCH3 is 1. The third-order valence-corrected chi connectivity index (χ3v) is 7.35. The van der Waals surface area contributed by atoms with Gasteiger partial charge in [0.15, 0.2) is 11.2 Å². The van der Waals surface area contributed by atoms with Crippen molar-refractivity contribution in [2.75, 3.05) is 71.0 Å². The van der Waals surface area contributed by atoms with Crippen LogP contribution in [-0.2, 0) is 31.9 Å². The van der Waals surface area contributed by atoms with E-state index in [1.54, 1.807) is 14.2 Å². The lowest BCUT2D eigenvalue weighted by Gasteiger charge is -2.36. The molecule has 0 spiro atoms.